The second-order valence-electron chi connectivity index (χ2n) is 15.4. The number of aryl methyl sites for hydroxylation is 1. The Morgan fingerprint density at radius 3 is 2.44 bits per heavy atom. The molecular weight excluding hydrogens is 750 g/mol. The number of aromatic nitrogens is 6. The summed E-state index contributed by atoms with van der Waals surface area (Å²) in [6.07, 6.45) is 0.0821. The zero-order valence-electron chi connectivity index (χ0n) is 31.3. The minimum absolute atomic E-state index is 0.0185. The van der Waals surface area contributed by atoms with Crippen LogP contribution in [0.5, 0.6) is 0 Å². The van der Waals surface area contributed by atoms with Crippen molar-refractivity contribution in [3.05, 3.63) is 86.5 Å². The minimum atomic E-state index is -4.72. The van der Waals surface area contributed by atoms with Gasteiger partial charge in [-0.3, -0.25) is 42.9 Å². The van der Waals surface area contributed by atoms with Gasteiger partial charge in [-0.05, 0) is 80.8 Å². The quantitative estimate of drug-likeness (QED) is 0.179. The fourth-order valence-electron chi connectivity index (χ4n) is 8.84. The summed E-state index contributed by atoms with van der Waals surface area (Å²) in [4.78, 5) is 69.5. The van der Waals surface area contributed by atoms with Crippen LogP contribution >= 0.6 is 0 Å². The predicted octanol–water partition coefficient (Wildman–Crippen LogP) is 4.59. The number of likely N-dealkylation sites (tertiary alicyclic amines) is 1. The summed E-state index contributed by atoms with van der Waals surface area (Å²) in [6.45, 7) is 1.67. The Hall–Kier alpha value is -5.65. The molecule has 1 saturated carbocycles. The van der Waals surface area contributed by atoms with Crippen LogP contribution in [0.3, 0.4) is 0 Å². The SMILES string of the molecule is Cn1c(NC(=O)c2cccc(C(F)(F)F)n2)cc2cn([C@H]3CC[C@H](CN4CC[C@@H](c5cccc6c5n(C)c(=O)n6C5CCC(=O)NC5=O)[C@H](F)C4)CC3)nc2c1=O. The molecule has 2 N–H and O–H groups in total. The number of nitrogens with one attached hydrogen (secondary N) is 2. The van der Waals surface area contributed by atoms with Crippen LogP contribution in [0.1, 0.15) is 84.7 Å². The number of piperidine rings is 2. The van der Waals surface area contributed by atoms with Gasteiger partial charge in [-0.25, -0.2) is 14.2 Å². The highest BCUT2D eigenvalue weighted by Gasteiger charge is 2.37. The van der Waals surface area contributed by atoms with Crippen LogP contribution in [0.15, 0.2) is 58.3 Å². The maximum absolute atomic E-state index is 16.1. The lowest BCUT2D eigenvalue weighted by molar-refractivity contribution is -0.141. The molecule has 3 aliphatic rings. The molecule has 3 atom stereocenters. The molecule has 1 aromatic carbocycles. The Kier molecular flexibility index (Phi) is 9.86. The van der Waals surface area contributed by atoms with Gasteiger partial charge < -0.3 is 10.2 Å². The van der Waals surface area contributed by atoms with E-state index in [1.54, 1.807) is 36.1 Å². The number of carbonyl (C=O) groups is 3. The van der Waals surface area contributed by atoms with Gasteiger partial charge in [-0.15, -0.1) is 0 Å². The zero-order valence-corrected chi connectivity index (χ0v) is 31.3. The van der Waals surface area contributed by atoms with Crippen molar-refractivity contribution in [2.75, 3.05) is 25.0 Å². The molecule has 4 aromatic heterocycles. The molecule has 6 heterocycles. The fraction of sp³-hybridized carbons (Fsp3) is 0.462. The molecular formula is C39H41F4N9O5. The number of imidazole rings is 1. The number of carbonyl (C=O) groups excluding carboxylic acids is 3. The van der Waals surface area contributed by atoms with E-state index < -0.39 is 53.1 Å². The van der Waals surface area contributed by atoms with Gasteiger partial charge in [-0.1, -0.05) is 18.2 Å². The van der Waals surface area contributed by atoms with Crippen molar-refractivity contribution < 1.29 is 31.9 Å². The third-order valence-electron chi connectivity index (χ3n) is 11.8. The Morgan fingerprint density at radius 2 is 1.72 bits per heavy atom. The van der Waals surface area contributed by atoms with Crippen LogP contribution in [0.4, 0.5) is 23.4 Å². The lowest BCUT2D eigenvalue weighted by atomic mass is 9.83. The normalized spacial score (nSPS) is 23.6. The largest absolute Gasteiger partial charge is 0.433 e. The van der Waals surface area contributed by atoms with Gasteiger partial charge >= 0.3 is 11.9 Å². The smallest absolute Gasteiger partial charge is 0.307 e. The van der Waals surface area contributed by atoms with E-state index in [1.165, 1.54) is 20.7 Å². The van der Waals surface area contributed by atoms with Gasteiger partial charge in [-0.2, -0.15) is 18.3 Å². The van der Waals surface area contributed by atoms with Gasteiger partial charge in [0.05, 0.1) is 17.1 Å². The van der Waals surface area contributed by atoms with Crippen LogP contribution in [0, 0.1) is 5.92 Å². The molecule has 1 aliphatic carbocycles. The van der Waals surface area contributed by atoms with E-state index >= 15 is 4.39 Å². The van der Waals surface area contributed by atoms with E-state index in [-0.39, 0.29) is 48.4 Å². The maximum atomic E-state index is 16.1. The zero-order chi connectivity index (χ0) is 40.3. The summed E-state index contributed by atoms with van der Waals surface area (Å²) in [5.74, 6) is -1.79. The van der Waals surface area contributed by atoms with Crippen molar-refractivity contribution in [1.29, 1.82) is 0 Å². The van der Waals surface area contributed by atoms with Gasteiger partial charge in [0.15, 0.2) is 5.52 Å². The van der Waals surface area contributed by atoms with Gasteiger partial charge in [0.1, 0.15) is 29.4 Å². The minimum Gasteiger partial charge on any atom is -0.307 e. The van der Waals surface area contributed by atoms with Crippen LogP contribution in [-0.4, -0.2) is 76.9 Å². The number of hydrogen-bond acceptors (Lipinski definition) is 8. The van der Waals surface area contributed by atoms with Crippen LogP contribution in [-0.2, 0) is 29.9 Å². The lowest BCUT2D eigenvalue weighted by Crippen LogP contribution is -2.44. The van der Waals surface area contributed by atoms with Crippen molar-refractivity contribution in [1.82, 2.24) is 38.7 Å². The van der Waals surface area contributed by atoms with Crippen molar-refractivity contribution in [3.63, 3.8) is 0 Å². The van der Waals surface area contributed by atoms with E-state index in [9.17, 15) is 37.1 Å². The number of nitrogens with zero attached hydrogens (tertiary/aromatic N) is 7. The first-order valence-corrected chi connectivity index (χ1v) is 19.0. The summed E-state index contributed by atoms with van der Waals surface area (Å²) < 4.78 is 61.4. The average Bonchev–Trinajstić information content (AvgIpc) is 3.72. The van der Waals surface area contributed by atoms with Crippen LogP contribution in [0.25, 0.3) is 21.9 Å². The van der Waals surface area contributed by atoms with E-state index in [0.29, 0.717) is 35.3 Å². The molecule has 2 saturated heterocycles. The summed E-state index contributed by atoms with van der Waals surface area (Å²) in [5.41, 5.74) is -0.417. The number of anilines is 1. The van der Waals surface area contributed by atoms with Gasteiger partial charge in [0, 0.05) is 51.1 Å². The molecule has 8 rings (SSSR count). The number of imide groups is 1. The molecule has 3 amide bonds. The molecule has 300 valence electrons. The van der Waals surface area contributed by atoms with E-state index in [1.807, 2.05) is 6.07 Å². The molecule has 57 heavy (non-hydrogen) atoms. The Bertz CT molecular complexity index is 2530. The third kappa shape index (κ3) is 7.14. The van der Waals surface area contributed by atoms with Crippen molar-refractivity contribution in [2.45, 2.75) is 75.3 Å². The number of halogens is 4. The fourth-order valence-corrected chi connectivity index (χ4v) is 8.84. The van der Waals surface area contributed by atoms with Crippen LogP contribution < -0.4 is 21.9 Å². The summed E-state index contributed by atoms with van der Waals surface area (Å²) in [6, 6.07) is 9.18. The summed E-state index contributed by atoms with van der Waals surface area (Å²) in [7, 11) is 3.07. The first-order valence-electron chi connectivity index (χ1n) is 19.0. The molecule has 0 bridgehead atoms. The number of hydrogen-bond donors (Lipinski definition) is 2. The van der Waals surface area contributed by atoms with Gasteiger partial charge in [0.2, 0.25) is 11.8 Å². The monoisotopic (exact) mass is 791 g/mol. The molecule has 0 spiro atoms. The number of amides is 3. The van der Waals surface area contributed by atoms with E-state index in [2.05, 4.69) is 25.6 Å². The number of benzene rings is 1. The average molecular weight is 792 g/mol. The Morgan fingerprint density at radius 1 is 0.965 bits per heavy atom. The molecule has 2 aliphatic heterocycles. The molecule has 18 heteroatoms. The summed E-state index contributed by atoms with van der Waals surface area (Å²) >= 11 is 0. The second kappa shape index (κ2) is 14.7. The van der Waals surface area contributed by atoms with Gasteiger partial charge in [0.25, 0.3) is 11.5 Å². The Labute approximate surface area is 322 Å². The first kappa shape index (κ1) is 38.2. The molecule has 3 fully saturated rings. The van der Waals surface area contributed by atoms with Crippen LogP contribution in [0.2, 0.25) is 0 Å². The highest BCUT2D eigenvalue weighted by Crippen LogP contribution is 2.38. The summed E-state index contributed by atoms with van der Waals surface area (Å²) in [5, 5.41) is 9.89. The molecule has 5 aromatic rings. The number of fused-ring (bicyclic) bond motifs is 2. The highest BCUT2D eigenvalue weighted by molar-refractivity contribution is 6.03. The number of rotatable bonds is 7. The number of pyridine rings is 2. The first-order chi connectivity index (χ1) is 27.2. The second-order valence-corrected chi connectivity index (χ2v) is 15.4. The van der Waals surface area contributed by atoms with Crippen molar-refractivity contribution in [3.8, 4) is 0 Å². The standard InChI is InChI=1S/C39H41F4N9O5/c1-48-31(45-35(54)27-6-4-8-30(44-27)39(41,42)43)17-22-19-51(47-33(22)37(48)56)23-11-9-21(10-12-23)18-50-16-15-24(26(40)20-50)25-5-3-7-28-34(25)49(2)38(57)52(28)29-13-14-32(53)46-36(29)55/h3-8,17,19,21,23-24,26,29H,9-16,18,20H2,1-2H3,(H,45,54)(H,46,53,55)/t21-,23-,24-,26+,29?/m0/s1. The highest BCUT2D eigenvalue weighted by atomic mass is 19.4. The Balaban J connectivity index is 0.898. The number of alkyl halides is 4. The third-order valence-corrected chi connectivity index (χ3v) is 11.8. The maximum Gasteiger partial charge on any atom is 0.433 e. The van der Waals surface area contributed by atoms with Crippen molar-refractivity contribution >= 4 is 45.5 Å². The van der Waals surface area contributed by atoms with E-state index in [0.717, 1.165) is 56.0 Å². The predicted molar refractivity (Wildman–Crippen MR) is 200 cm³/mol. The number of para-hydroxylation sites is 1. The topological polar surface area (TPSA) is 158 Å². The molecule has 1 unspecified atom stereocenters. The molecule has 0 radical (unpaired) electrons. The lowest BCUT2D eigenvalue weighted by Gasteiger charge is -2.38. The van der Waals surface area contributed by atoms with E-state index in [4.69, 9.17) is 0 Å². The molecule has 14 nitrogen and oxygen atoms in total. The van der Waals surface area contributed by atoms with Crippen molar-refractivity contribution in [2.24, 2.45) is 20.0 Å².